The quantitative estimate of drug-likeness (QED) is 0.151. The Labute approximate surface area is 254 Å². The van der Waals surface area contributed by atoms with Gasteiger partial charge in [-0.25, -0.2) is 0 Å². The van der Waals surface area contributed by atoms with Gasteiger partial charge in [0, 0.05) is 30.1 Å². The summed E-state index contributed by atoms with van der Waals surface area (Å²) >= 11 is 1.66. The highest BCUT2D eigenvalue weighted by atomic mass is 32.2. The standard InChI is InChI=1S/C33H46N2O6S/c1-5-7-8-13-23-41-31(39)27-26-29(37)35(21-11-9-10-12-22-36)28(33(26)19-18-32(27,3)42-33)30(38)34(20-6-2)24-14-16-25(40-4)17-15-24/h5-6,14-17,26-28,36H,1-2,7-13,18-23H2,3-4H3/t26-,27+,28?,32-,33?/m0/s1. The van der Waals surface area contributed by atoms with Gasteiger partial charge < -0.3 is 24.4 Å². The van der Waals surface area contributed by atoms with Crippen LogP contribution >= 0.6 is 11.8 Å². The number of nitrogens with zero attached hydrogens (tertiary/aromatic N) is 2. The van der Waals surface area contributed by atoms with Crippen molar-refractivity contribution in [3.8, 4) is 5.75 Å². The SMILES string of the molecule is C=CCCCCOC(=O)[C@H]1[C@H]2C(=O)N(CCCCCCO)C(C(=O)N(CC=C)c3ccc(OC)cc3)C23CC[C@]1(C)S3. The van der Waals surface area contributed by atoms with Gasteiger partial charge in [-0.05, 0) is 76.1 Å². The van der Waals surface area contributed by atoms with Gasteiger partial charge in [0.1, 0.15) is 11.8 Å². The van der Waals surface area contributed by atoms with Crippen molar-refractivity contribution in [1.82, 2.24) is 4.90 Å². The fourth-order valence-corrected chi connectivity index (χ4v) is 9.40. The van der Waals surface area contributed by atoms with Gasteiger partial charge in [0.2, 0.25) is 5.91 Å². The number of benzene rings is 1. The van der Waals surface area contributed by atoms with E-state index < -0.39 is 27.4 Å². The molecule has 3 aliphatic heterocycles. The summed E-state index contributed by atoms with van der Waals surface area (Å²) in [7, 11) is 1.60. The second-order valence-electron chi connectivity index (χ2n) is 11.8. The summed E-state index contributed by atoms with van der Waals surface area (Å²) in [6.07, 6.45) is 10.6. The maximum absolute atomic E-state index is 14.6. The molecule has 2 bridgehead atoms. The van der Waals surface area contributed by atoms with Crippen LogP contribution in [0.15, 0.2) is 49.6 Å². The van der Waals surface area contributed by atoms with Crippen LogP contribution in [0.2, 0.25) is 0 Å². The number of carbonyl (C=O) groups is 3. The number of fused-ring (bicyclic) bond motifs is 1. The van der Waals surface area contributed by atoms with Gasteiger partial charge in [-0.1, -0.05) is 25.0 Å². The Morgan fingerprint density at radius 2 is 1.83 bits per heavy atom. The lowest BCUT2D eigenvalue weighted by atomic mass is 9.66. The maximum Gasteiger partial charge on any atom is 0.311 e. The van der Waals surface area contributed by atoms with Crippen molar-refractivity contribution in [1.29, 1.82) is 0 Å². The molecule has 2 amide bonds. The highest BCUT2D eigenvalue weighted by molar-refractivity contribution is 8.02. The van der Waals surface area contributed by atoms with Gasteiger partial charge in [-0.15, -0.1) is 24.9 Å². The molecule has 0 saturated carbocycles. The molecule has 3 saturated heterocycles. The highest BCUT2D eigenvalue weighted by Gasteiger charge is 2.77. The number of ether oxygens (including phenoxy) is 2. The Morgan fingerprint density at radius 3 is 2.50 bits per heavy atom. The fourth-order valence-electron chi connectivity index (χ4n) is 7.07. The molecule has 5 atom stereocenters. The van der Waals surface area contributed by atoms with E-state index in [0.29, 0.717) is 44.0 Å². The van der Waals surface area contributed by atoms with E-state index in [2.05, 4.69) is 20.1 Å². The number of thioether (sulfide) groups is 1. The molecule has 1 aromatic rings. The normalized spacial score (nSPS) is 27.5. The molecular weight excluding hydrogens is 552 g/mol. The predicted octanol–water partition coefficient (Wildman–Crippen LogP) is 5.15. The maximum atomic E-state index is 14.6. The number of esters is 1. The van der Waals surface area contributed by atoms with Crippen LogP contribution in [0.3, 0.4) is 0 Å². The fraction of sp³-hybridized carbons (Fsp3) is 0.606. The summed E-state index contributed by atoms with van der Waals surface area (Å²) < 4.78 is 9.93. The summed E-state index contributed by atoms with van der Waals surface area (Å²) in [5, 5.41) is 9.19. The van der Waals surface area contributed by atoms with Crippen molar-refractivity contribution in [2.75, 3.05) is 38.3 Å². The molecule has 1 aromatic carbocycles. The zero-order valence-corrected chi connectivity index (χ0v) is 25.9. The van der Waals surface area contributed by atoms with Crippen LogP contribution in [-0.2, 0) is 19.1 Å². The van der Waals surface area contributed by atoms with Crippen molar-refractivity contribution in [2.24, 2.45) is 11.8 Å². The van der Waals surface area contributed by atoms with Crippen molar-refractivity contribution < 1.29 is 29.0 Å². The van der Waals surface area contributed by atoms with Gasteiger partial charge in [-0.2, -0.15) is 0 Å². The van der Waals surface area contributed by atoms with Crippen LogP contribution in [-0.4, -0.2) is 76.7 Å². The number of hydrogen-bond acceptors (Lipinski definition) is 7. The molecule has 1 N–H and O–H groups in total. The molecule has 4 rings (SSSR count). The molecule has 3 heterocycles. The van der Waals surface area contributed by atoms with E-state index >= 15 is 0 Å². The molecule has 9 heteroatoms. The Balaban J connectivity index is 1.66. The van der Waals surface area contributed by atoms with Gasteiger partial charge in [0.05, 0.1) is 30.3 Å². The smallest absolute Gasteiger partial charge is 0.311 e. The number of likely N-dealkylation sites (tertiary alicyclic amines) is 1. The number of hydrogen-bond donors (Lipinski definition) is 1. The Bertz CT molecular complexity index is 1140. The molecule has 0 radical (unpaired) electrons. The molecule has 0 aromatic heterocycles. The molecule has 0 aliphatic carbocycles. The number of aliphatic hydroxyl groups is 1. The first-order valence-electron chi connectivity index (χ1n) is 15.2. The van der Waals surface area contributed by atoms with E-state index in [0.717, 1.165) is 44.9 Å². The van der Waals surface area contributed by atoms with E-state index in [1.165, 1.54) is 0 Å². The number of carbonyl (C=O) groups excluding carboxylic acids is 3. The Morgan fingerprint density at radius 1 is 1.10 bits per heavy atom. The molecule has 2 unspecified atom stereocenters. The van der Waals surface area contributed by atoms with Crippen molar-refractivity contribution in [3.63, 3.8) is 0 Å². The highest BCUT2D eigenvalue weighted by Crippen LogP contribution is 2.71. The number of amides is 2. The number of unbranched alkanes of at least 4 members (excludes halogenated alkanes) is 5. The van der Waals surface area contributed by atoms with Crippen LogP contribution in [0, 0.1) is 11.8 Å². The topological polar surface area (TPSA) is 96.4 Å². The lowest BCUT2D eigenvalue weighted by Gasteiger charge is -2.37. The Kier molecular flexibility index (Phi) is 10.8. The average molecular weight is 599 g/mol. The van der Waals surface area contributed by atoms with Gasteiger partial charge >= 0.3 is 5.97 Å². The monoisotopic (exact) mass is 598 g/mol. The van der Waals surface area contributed by atoms with E-state index in [1.807, 2.05) is 30.3 Å². The van der Waals surface area contributed by atoms with E-state index in [-0.39, 0.29) is 24.4 Å². The molecule has 3 aliphatic rings. The molecule has 1 spiro atoms. The van der Waals surface area contributed by atoms with Crippen molar-refractivity contribution in [3.05, 3.63) is 49.6 Å². The minimum atomic E-state index is -0.702. The number of anilines is 1. The minimum absolute atomic E-state index is 0.117. The molecule has 3 fully saturated rings. The first-order valence-corrected chi connectivity index (χ1v) is 16.0. The first-order chi connectivity index (χ1) is 20.3. The number of methoxy groups -OCH3 is 1. The number of allylic oxidation sites excluding steroid dienone is 1. The van der Waals surface area contributed by atoms with Crippen molar-refractivity contribution in [2.45, 2.75) is 80.2 Å². The minimum Gasteiger partial charge on any atom is -0.497 e. The van der Waals surface area contributed by atoms with E-state index in [4.69, 9.17) is 9.47 Å². The van der Waals surface area contributed by atoms with Gasteiger partial charge in [0.15, 0.2) is 0 Å². The van der Waals surface area contributed by atoms with Crippen LogP contribution in [0.5, 0.6) is 5.75 Å². The first kappa shape index (κ1) is 32.1. The lowest BCUT2D eigenvalue weighted by molar-refractivity contribution is -0.155. The van der Waals surface area contributed by atoms with Crippen molar-refractivity contribution >= 4 is 35.2 Å². The zero-order chi connectivity index (χ0) is 30.3. The van der Waals surface area contributed by atoms with Crippen LogP contribution in [0.4, 0.5) is 5.69 Å². The summed E-state index contributed by atoms with van der Waals surface area (Å²) in [6, 6.07) is 6.62. The van der Waals surface area contributed by atoms with Crippen LogP contribution in [0.1, 0.15) is 64.7 Å². The van der Waals surface area contributed by atoms with E-state index in [9.17, 15) is 19.5 Å². The zero-order valence-electron chi connectivity index (χ0n) is 25.1. The number of rotatable bonds is 17. The largest absolute Gasteiger partial charge is 0.497 e. The second kappa shape index (κ2) is 14.1. The van der Waals surface area contributed by atoms with Crippen LogP contribution in [0.25, 0.3) is 0 Å². The predicted molar refractivity (Wildman–Crippen MR) is 167 cm³/mol. The summed E-state index contributed by atoms with van der Waals surface area (Å²) in [5.74, 6) is -1.10. The van der Waals surface area contributed by atoms with E-state index in [1.54, 1.807) is 34.7 Å². The molecule has 8 nitrogen and oxygen atoms in total. The molecular formula is C33H46N2O6S. The third-order valence-corrected chi connectivity index (χ3v) is 11.1. The van der Waals surface area contributed by atoms with Gasteiger partial charge in [0.25, 0.3) is 5.91 Å². The van der Waals surface area contributed by atoms with Gasteiger partial charge in [-0.3, -0.25) is 14.4 Å². The summed E-state index contributed by atoms with van der Waals surface area (Å²) in [6.45, 7) is 10.9. The van der Waals surface area contributed by atoms with Crippen LogP contribution < -0.4 is 9.64 Å². The molecule has 42 heavy (non-hydrogen) atoms. The average Bonchev–Trinajstić information content (AvgIpc) is 3.56. The number of aliphatic hydroxyl groups excluding tert-OH is 1. The Hall–Kier alpha value is -2.78. The summed E-state index contributed by atoms with van der Waals surface area (Å²) in [5.41, 5.74) is 0.704. The lowest BCUT2D eigenvalue weighted by Crippen LogP contribution is -2.55. The third kappa shape index (κ3) is 6.13. The second-order valence-corrected chi connectivity index (χ2v) is 13.7. The molecule has 230 valence electrons. The summed E-state index contributed by atoms with van der Waals surface area (Å²) in [4.78, 5) is 46.0. The third-order valence-electron chi connectivity index (χ3n) is 9.08.